The van der Waals surface area contributed by atoms with Gasteiger partial charge in [-0.15, -0.1) is 11.3 Å². The van der Waals surface area contributed by atoms with E-state index in [0.717, 1.165) is 47.2 Å². The topological polar surface area (TPSA) is 180 Å². The van der Waals surface area contributed by atoms with Gasteiger partial charge in [-0.05, 0) is 56.7 Å². The average Bonchev–Trinajstić information content (AvgIpc) is 3.70. The fourth-order valence-corrected chi connectivity index (χ4v) is 5.82. The molecule has 39 heavy (non-hydrogen) atoms. The van der Waals surface area contributed by atoms with E-state index in [1.54, 1.807) is 6.20 Å². The molecule has 1 aliphatic carbocycles. The lowest BCUT2D eigenvalue weighted by molar-refractivity contribution is -0.127. The van der Waals surface area contributed by atoms with E-state index in [9.17, 15) is 9.59 Å². The zero-order chi connectivity index (χ0) is 27.4. The Bertz CT molecular complexity index is 1430. The molecule has 0 radical (unpaired) electrons. The number of imidazole rings is 1. The molecule has 13 heteroatoms. The molecule has 0 saturated heterocycles. The molecule has 2 amide bonds. The van der Waals surface area contributed by atoms with Crippen molar-refractivity contribution in [3.05, 3.63) is 45.8 Å². The number of carbonyl (C=O) groups is 2. The Morgan fingerprint density at radius 3 is 2.79 bits per heavy atom. The van der Waals surface area contributed by atoms with Crippen molar-refractivity contribution in [2.75, 3.05) is 12.3 Å². The van der Waals surface area contributed by atoms with Crippen molar-refractivity contribution in [2.45, 2.75) is 51.1 Å². The van der Waals surface area contributed by atoms with Crippen LogP contribution in [0.5, 0.6) is 0 Å². The monoisotopic (exact) mass is 569 g/mol. The van der Waals surface area contributed by atoms with Crippen molar-refractivity contribution < 1.29 is 9.59 Å². The molecule has 1 aromatic carbocycles. The molecule has 4 aromatic rings. The van der Waals surface area contributed by atoms with Gasteiger partial charge in [0.2, 0.25) is 11.8 Å². The van der Waals surface area contributed by atoms with Crippen LogP contribution in [-0.4, -0.2) is 43.5 Å². The quantitative estimate of drug-likeness (QED) is 0.168. The molecule has 3 heterocycles. The van der Waals surface area contributed by atoms with Gasteiger partial charge in [0, 0.05) is 34.9 Å². The molecular weight excluding hydrogens is 538 g/mol. The molecule has 8 N–H and O–H groups in total. The van der Waals surface area contributed by atoms with Crippen LogP contribution in [0.3, 0.4) is 0 Å². The fraction of sp³-hybridized carbons (Fsp3) is 0.423. The lowest BCUT2D eigenvalue weighted by Gasteiger charge is -2.28. The summed E-state index contributed by atoms with van der Waals surface area (Å²) < 4.78 is 0. The van der Waals surface area contributed by atoms with Crippen molar-refractivity contribution in [1.29, 1.82) is 0 Å². The third kappa shape index (κ3) is 6.40. The van der Waals surface area contributed by atoms with Crippen molar-refractivity contribution in [3.8, 4) is 11.3 Å². The first-order chi connectivity index (χ1) is 18.9. The second kappa shape index (κ2) is 12.1. The number of nitrogens with zero attached hydrogens (tertiary/aromatic N) is 3. The van der Waals surface area contributed by atoms with Crippen molar-refractivity contribution >= 4 is 51.5 Å². The molecule has 0 bridgehead atoms. The number of amides is 2. The number of hydrogen-bond donors (Lipinski definition) is 6. The van der Waals surface area contributed by atoms with Gasteiger partial charge in [0.15, 0.2) is 5.82 Å². The van der Waals surface area contributed by atoms with E-state index in [0.29, 0.717) is 47.9 Å². The average molecular weight is 570 g/mol. The predicted molar refractivity (Wildman–Crippen MR) is 152 cm³/mol. The minimum Gasteiger partial charge on any atom is -0.382 e. The van der Waals surface area contributed by atoms with E-state index in [1.807, 2.05) is 23.6 Å². The van der Waals surface area contributed by atoms with E-state index < -0.39 is 6.04 Å². The lowest BCUT2D eigenvalue weighted by Crippen LogP contribution is -2.37. The van der Waals surface area contributed by atoms with Crippen LogP contribution in [0.25, 0.3) is 22.2 Å². The Morgan fingerprint density at radius 2 is 2.05 bits per heavy atom. The number of nitrogens with one attached hydrogen (secondary N) is 4. The van der Waals surface area contributed by atoms with E-state index in [4.69, 9.17) is 28.1 Å². The summed E-state index contributed by atoms with van der Waals surface area (Å²) in [5, 5.41) is 16.8. The minimum atomic E-state index is -0.520. The van der Waals surface area contributed by atoms with Gasteiger partial charge < -0.3 is 27.1 Å². The van der Waals surface area contributed by atoms with Gasteiger partial charge in [-0.3, -0.25) is 14.7 Å². The van der Waals surface area contributed by atoms with Gasteiger partial charge in [-0.1, -0.05) is 17.7 Å². The highest BCUT2D eigenvalue weighted by Crippen LogP contribution is 2.33. The number of thiazole rings is 1. The maximum absolute atomic E-state index is 13.3. The standard InChI is InChI=1S/C26H32ClN9O2S/c27-23-22(16-5-6-17-19(11-16)35-36-24(17)29)33-25(34-23)18(7-8-20(37)31-13-21-30-9-10-39-21)32-26(38)15-3-1-14(12-28)2-4-15/h5-6,9-11,14-15,18H,1-4,7-8,12-13,28H2,(H,31,37)(H,32,38)(H,33,34)(H3,29,35,36). The number of rotatable bonds is 10. The summed E-state index contributed by atoms with van der Waals surface area (Å²) in [6.45, 7) is 1.02. The summed E-state index contributed by atoms with van der Waals surface area (Å²) in [4.78, 5) is 38.0. The van der Waals surface area contributed by atoms with Crippen LogP contribution in [0.15, 0.2) is 29.8 Å². The highest BCUT2D eigenvalue weighted by Gasteiger charge is 2.29. The number of aromatic amines is 2. The molecule has 0 spiro atoms. The maximum Gasteiger partial charge on any atom is 0.223 e. The summed E-state index contributed by atoms with van der Waals surface area (Å²) in [5.41, 5.74) is 13.8. The first-order valence-corrected chi connectivity index (χ1v) is 14.3. The number of benzene rings is 1. The molecule has 5 rings (SSSR count). The fourth-order valence-electron chi connectivity index (χ4n) is 5.02. The maximum atomic E-state index is 13.3. The molecule has 206 valence electrons. The molecule has 1 fully saturated rings. The summed E-state index contributed by atoms with van der Waals surface area (Å²) in [6, 6.07) is 5.08. The van der Waals surface area contributed by atoms with Crippen LogP contribution in [0, 0.1) is 11.8 Å². The second-order valence-electron chi connectivity index (χ2n) is 9.91. The SMILES string of the molecule is NCC1CCC(C(=O)NC(CCC(=O)NCc2nccs2)c2nc(-c3ccc4c(N)n[nH]c4c3)c(Cl)[nH]2)CC1. The first-order valence-electron chi connectivity index (χ1n) is 13.1. The Labute approximate surface area is 234 Å². The summed E-state index contributed by atoms with van der Waals surface area (Å²) >= 11 is 8.07. The molecule has 1 aliphatic rings. The number of halogens is 1. The Morgan fingerprint density at radius 1 is 1.23 bits per heavy atom. The smallest absolute Gasteiger partial charge is 0.223 e. The second-order valence-corrected chi connectivity index (χ2v) is 11.3. The van der Waals surface area contributed by atoms with E-state index in [-0.39, 0.29) is 24.2 Å². The Balaban J connectivity index is 1.32. The molecule has 0 aliphatic heterocycles. The minimum absolute atomic E-state index is 0.0397. The summed E-state index contributed by atoms with van der Waals surface area (Å²) in [5.74, 6) is 1.13. The third-order valence-electron chi connectivity index (χ3n) is 7.32. The van der Waals surface area contributed by atoms with Gasteiger partial charge in [0.05, 0.1) is 18.1 Å². The molecule has 1 unspecified atom stereocenters. The highest BCUT2D eigenvalue weighted by molar-refractivity contribution is 7.09. The van der Waals surface area contributed by atoms with Gasteiger partial charge in [0.1, 0.15) is 21.7 Å². The van der Waals surface area contributed by atoms with Gasteiger partial charge in [-0.25, -0.2) is 9.97 Å². The normalized spacial score (nSPS) is 18.2. The molecule has 3 aromatic heterocycles. The number of aromatic nitrogens is 5. The molecule has 11 nitrogen and oxygen atoms in total. The van der Waals surface area contributed by atoms with Crippen molar-refractivity contribution in [1.82, 2.24) is 35.8 Å². The highest BCUT2D eigenvalue weighted by atomic mass is 35.5. The van der Waals surface area contributed by atoms with Crippen LogP contribution in [0.1, 0.15) is 55.4 Å². The van der Waals surface area contributed by atoms with Crippen LogP contribution >= 0.6 is 22.9 Å². The first kappa shape index (κ1) is 27.1. The summed E-state index contributed by atoms with van der Waals surface area (Å²) in [7, 11) is 0. The van der Waals surface area contributed by atoms with Gasteiger partial charge in [-0.2, -0.15) is 5.10 Å². The number of anilines is 1. The molecular formula is C26H32ClN9O2S. The zero-order valence-corrected chi connectivity index (χ0v) is 22.9. The predicted octanol–water partition coefficient (Wildman–Crippen LogP) is 3.66. The van der Waals surface area contributed by atoms with E-state index in [1.165, 1.54) is 11.3 Å². The zero-order valence-electron chi connectivity index (χ0n) is 21.4. The number of carbonyl (C=O) groups excluding carboxylic acids is 2. The van der Waals surface area contributed by atoms with Gasteiger partial charge >= 0.3 is 0 Å². The van der Waals surface area contributed by atoms with Crippen molar-refractivity contribution in [2.24, 2.45) is 17.6 Å². The third-order valence-corrected chi connectivity index (χ3v) is 8.37. The van der Waals surface area contributed by atoms with E-state index >= 15 is 0 Å². The van der Waals surface area contributed by atoms with Crippen LogP contribution in [0.4, 0.5) is 5.82 Å². The van der Waals surface area contributed by atoms with Gasteiger partial charge in [0.25, 0.3) is 0 Å². The number of fused-ring (bicyclic) bond motifs is 1. The number of H-pyrrole nitrogens is 2. The van der Waals surface area contributed by atoms with Crippen LogP contribution < -0.4 is 22.1 Å². The number of hydrogen-bond acceptors (Lipinski definition) is 8. The molecule has 1 saturated carbocycles. The summed E-state index contributed by atoms with van der Waals surface area (Å²) in [6.07, 6.45) is 5.73. The Hall–Kier alpha value is -3.48. The largest absolute Gasteiger partial charge is 0.382 e. The van der Waals surface area contributed by atoms with Crippen LogP contribution in [-0.2, 0) is 16.1 Å². The number of nitrogens with two attached hydrogens (primary N) is 2. The number of nitrogen functional groups attached to an aromatic ring is 1. The van der Waals surface area contributed by atoms with E-state index in [2.05, 4.69) is 30.8 Å². The van der Waals surface area contributed by atoms with Crippen LogP contribution in [0.2, 0.25) is 5.15 Å². The Kier molecular flexibility index (Phi) is 8.44. The lowest BCUT2D eigenvalue weighted by atomic mass is 9.81. The molecule has 1 atom stereocenters. The van der Waals surface area contributed by atoms with Crippen molar-refractivity contribution in [3.63, 3.8) is 0 Å².